The Morgan fingerprint density at radius 3 is 2.50 bits per heavy atom. The van der Waals surface area contributed by atoms with E-state index in [9.17, 15) is 5.11 Å². The second-order valence-electron chi connectivity index (χ2n) is 11.0. The average molecular weight is 358 g/mol. The van der Waals surface area contributed by atoms with Gasteiger partial charge in [0.2, 0.25) is 0 Å². The van der Waals surface area contributed by atoms with Gasteiger partial charge in [0.1, 0.15) is 0 Å². The molecule has 0 aromatic carbocycles. The van der Waals surface area contributed by atoms with Gasteiger partial charge in [0.15, 0.2) is 0 Å². The van der Waals surface area contributed by atoms with Crippen LogP contribution in [0.1, 0.15) is 91.4 Å². The zero-order valence-electron chi connectivity index (χ0n) is 17.2. The molecular formula is C24H39NO. The number of hydrogen-bond acceptors (Lipinski definition) is 2. The molecule has 0 aromatic rings. The molecule has 0 amide bonds. The zero-order valence-corrected chi connectivity index (χ0v) is 17.2. The summed E-state index contributed by atoms with van der Waals surface area (Å²) >= 11 is 0. The van der Waals surface area contributed by atoms with Gasteiger partial charge in [-0.3, -0.25) is 0 Å². The first-order valence-corrected chi connectivity index (χ1v) is 11.4. The van der Waals surface area contributed by atoms with Crippen LogP contribution in [0.25, 0.3) is 0 Å². The van der Waals surface area contributed by atoms with Gasteiger partial charge < -0.3 is 5.11 Å². The Kier molecular flexibility index (Phi) is 4.92. The van der Waals surface area contributed by atoms with E-state index in [1.165, 1.54) is 44.9 Å². The van der Waals surface area contributed by atoms with Gasteiger partial charge in [-0.05, 0) is 111 Å². The van der Waals surface area contributed by atoms with Crippen LogP contribution in [0.5, 0.6) is 0 Å². The van der Waals surface area contributed by atoms with Crippen molar-refractivity contribution < 1.29 is 5.11 Å². The molecular weight excluding hydrogens is 318 g/mol. The normalized spacial score (nSPS) is 51.7. The summed E-state index contributed by atoms with van der Waals surface area (Å²) in [6.07, 6.45) is 13.6. The topological polar surface area (TPSA) is 44.0 Å². The van der Waals surface area contributed by atoms with E-state index in [-0.39, 0.29) is 6.10 Å². The molecule has 4 aliphatic carbocycles. The van der Waals surface area contributed by atoms with Crippen molar-refractivity contribution in [1.29, 1.82) is 5.26 Å². The van der Waals surface area contributed by atoms with Gasteiger partial charge in [0.25, 0.3) is 0 Å². The molecule has 2 heteroatoms. The fourth-order valence-electron chi connectivity index (χ4n) is 8.70. The van der Waals surface area contributed by atoms with Crippen molar-refractivity contribution in [2.24, 2.45) is 46.3 Å². The Balaban J connectivity index is 1.53. The number of rotatable bonds is 3. The highest BCUT2D eigenvalue weighted by Crippen LogP contribution is 2.68. The predicted molar refractivity (Wildman–Crippen MR) is 105 cm³/mol. The lowest BCUT2D eigenvalue weighted by molar-refractivity contribution is -0.129. The molecule has 4 rings (SSSR count). The van der Waals surface area contributed by atoms with Gasteiger partial charge in [0.05, 0.1) is 12.2 Å². The van der Waals surface area contributed by atoms with Crippen LogP contribution in [0.15, 0.2) is 0 Å². The van der Waals surface area contributed by atoms with Crippen LogP contribution in [0, 0.1) is 57.7 Å². The minimum Gasteiger partial charge on any atom is -0.393 e. The number of hydrogen-bond donors (Lipinski definition) is 1. The van der Waals surface area contributed by atoms with Gasteiger partial charge >= 0.3 is 0 Å². The summed E-state index contributed by atoms with van der Waals surface area (Å²) in [5.41, 5.74) is 1.02. The van der Waals surface area contributed by atoms with E-state index in [1.807, 2.05) is 0 Å². The van der Waals surface area contributed by atoms with Crippen LogP contribution in [0.3, 0.4) is 0 Å². The van der Waals surface area contributed by atoms with Crippen molar-refractivity contribution in [3.63, 3.8) is 0 Å². The van der Waals surface area contributed by atoms with Crippen LogP contribution < -0.4 is 0 Å². The van der Waals surface area contributed by atoms with Gasteiger partial charge in [-0.2, -0.15) is 5.26 Å². The van der Waals surface area contributed by atoms with Crippen molar-refractivity contribution in [1.82, 2.24) is 0 Å². The van der Waals surface area contributed by atoms with E-state index >= 15 is 0 Å². The molecule has 0 bridgehead atoms. The maximum absolute atomic E-state index is 10.2. The molecule has 0 radical (unpaired) electrons. The summed E-state index contributed by atoms with van der Waals surface area (Å²) in [4.78, 5) is 0. The third kappa shape index (κ3) is 2.76. The van der Waals surface area contributed by atoms with Gasteiger partial charge in [-0.25, -0.2) is 0 Å². The summed E-state index contributed by atoms with van der Waals surface area (Å²) in [6, 6.07) is 2.37. The third-order valence-corrected chi connectivity index (χ3v) is 10.1. The molecule has 0 heterocycles. The largest absolute Gasteiger partial charge is 0.393 e. The maximum atomic E-state index is 10.2. The summed E-state index contributed by atoms with van der Waals surface area (Å²) in [5.74, 6) is 5.06. The molecule has 0 aliphatic heterocycles. The molecule has 4 aliphatic rings. The second-order valence-corrected chi connectivity index (χ2v) is 11.0. The zero-order chi connectivity index (χ0) is 18.5. The molecule has 0 spiro atoms. The molecule has 4 saturated carbocycles. The third-order valence-electron chi connectivity index (χ3n) is 10.1. The summed E-state index contributed by atoms with van der Waals surface area (Å²) in [6.45, 7) is 7.63. The van der Waals surface area contributed by atoms with Crippen molar-refractivity contribution in [3.8, 4) is 6.07 Å². The van der Waals surface area contributed by atoms with Gasteiger partial charge in [-0.1, -0.05) is 20.8 Å². The van der Waals surface area contributed by atoms with Crippen LogP contribution in [-0.2, 0) is 0 Å². The molecule has 0 saturated heterocycles. The Morgan fingerprint density at radius 1 is 1.00 bits per heavy atom. The van der Waals surface area contributed by atoms with E-state index in [0.29, 0.717) is 16.7 Å². The van der Waals surface area contributed by atoms with E-state index in [0.717, 1.165) is 55.3 Å². The first-order valence-electron chi connectivity index (χ1n) is 11.4. The highest BCUT2D eigenvalue weighted by Gasteiger charge is 2.60. The van der Waals surface area contributed by atoms with Crippen molar-refractivity contribution in [2.75, 3.05) is 0 Å². The molecule has 2 nitrogen and oxygen atoms in total. The smallest absolute Gasteiger partial charge is 0.0621 e. The van der Waals surface area contributed by atoms with Crippen molar-refractivity contribution in [3.05, 3.63) is 0 Å². The van der Waals surface area contributed by atoms with Gasteiger partial charge in [0, 0.05) is 6.42 Å². The number of aliphatic hydroxyl groups is 1. The minimum atomic E-state index is -0.0321. The van der Waals surface area contributed by atoms with E-state index in [1.54, 1.807) is 0 Å². The number of nitrogens with zero attached hydrogens (tertiary/aromatic N) is 1. The van der Waals surface area contributed by atoms with Crippen LogP contribution >= 0.6 is 0 Å². The Labute approximate surface area is 160 Å². The fraction of sp³-hybridized carbons (Fsp3) is 0.958. The molecule has 4 fully saturated rings. The van der Waals surface area contributed by atoms with Crippen LogP contribution in [-0.4, -0.2) is 11.2 Å². The molecule has 1 N–H and O–H groups in total. The lowest BCUT2D eigenvalue weighted by atomic mass is 9.44. The number of aliphatic hydroxyl groups excluding tert-OH is 1. The molecule has 0 aromatic heterocycles. The minimum absolute atomic E-state index is 0.0321. The Morgan fingerprint density at radius 2 is 1.73 bits per heavy atom. The lowest BCUT2D eigenvalue weighted by Crippen LogP contribution is -2.54. The van der Waals surface area contributed by atoms with Crippen molar-refractivity contribution >= 4 is 0 Å². The lowest BCUT2D eigenvalue weighted by Gasteiger charge is -2.61. The molecule has 146 valence electrons. The quantitative estimate of drug-likeness (QED) is 0.678. The van der Waals surface area contributed by atoms with Gasteiger partial charge in [-0.15, -0.1) is 0 Å². The molecule has 26 heavy (non-hydrogen) atoms. The molecule has 9 atom stereocenters. The Hall–Kier alpha value is -0.550. The summed E-state index contributed by atoms with van der Waals surface area (Å²) in [5, 5.41) is 19.2. The molecule has 4 unspecified atom stereocenters. The van der Waals surface area contributed by atoms with Crippen LogP contribution in [0.4, 0.5) is 0 Å². The van der Waals surface area contributed by atoms with E-state index < -0.39 is 0 Å². The standard InChI is InChI=1S/C24H39NO/c1-16(5-4-14-25)20-8-9-21-19-7-6-17-15-18(26)10-12-23(17,2)22(19)11-13-24(20,21)3/h16-22,26H,4-13,15H2,1-3H3/t16-,17?,18-,19?,20-,21?,22?,23+,24-/m1/s1. The van der Waals surface area contributed by atoms with E-state index in [4.69, 9.17) is 5.26 Å². The number of fused-ring (bicyclic) bond motifs is 5. The Bertz CT molecular complexity index is 567. The number of nitriles is 1. The van der Waals surface area contributed by atoms with Crippen molar-refractivity contribution in [2.45, 2.75) is 97.5 Å². The van der Waals surface area contributed by atoms with Crippen LogP contribution in [0.2, 0.25) is 0 Å². The maximum Gasteiger partial charge on any atom is 0.0621 e. The summed E-state index contributed by atoms with van der Waals surface area (Å²) < 4.78 is 0. The van der Waals surface area contributed by atoms with E-state index in [2.05, 4.69) is 26.8 Å². The second kappa shape index (κ2) is 6.80. The average Bonchev–Trinajstić information content (AvgIpc) is 2.97. The fourth-order valence-corrected chi connectivity index (χ4v) is 8.70. The highest BCUT2D eigenvalue weighted by molar-refractivity contribution is 5.09. The first-order chi connectivity index (χ1) is 12.4. The SMILES string of the molecule is C[C@H](CCC#N)[C@H]1CCC2C3CCC4C[C@H](O)CC[C@]4(C)C3CC[C@@]21C. The summed E-state index contributed by atoms with van der Waals surface area (Å²) in [7, 11) is 0. The predicted octanol–water partition coefficient (Wildman–Crippen LogP) is 5.95. The first kappa shape index (κ1) is 18.8. The monoisotopic (exact) mass is 357 g/mol. The highest BCUT2D eigenvalue weighted by atomic mass is 16.3.